The van der Waals surface area contributed by atoms with E-state index in [9.17, 15) is 4.39 Å². The molecular weight excluding hydrogens is 197 g/mol. The molecule has 0 unspecified atom stereocenters. The van der Waals surface area contributed by atoms with Crippen LogP contribution in [0.15, 0.2) is 18.2 Å². The molecule has 2 N–H and O–H groups in total. The van der Waals surface area contributed by atoms with Gasteiger partial charge in [-0.2, -0.15) is 0 Å². The molecule has 0 heterocycles. The zero-order chi connectivity index (χ0) is 11.5. The molecule has 0 aliphatic heterocycles. The van der Waals surface area contributed by atoms with Crippen LogP contribution < -0.4 is 10.1 Å². The molecule has 0 atom stereocenters. The largest absolute Gasteiger partial charge is 0.497 e. The smallest absolute Gasteiger partial charge is 0.149 e. The van der Waals surface area contributed by atoms with Gasteiger partial charge in [0.25, 0.3) is 0 Å². The molecule has 1 aromatic carbocycles. The Labute approximate surface area is 88.9 Å². The average Bonchev–Trinajstić information content (AvgIpc) is 2.21. The Hall–Kier alpha value is -1.29. The first-order valence-corrected chi connectivity index (χ1v) is 4.71. The first-order valence-electron chi connectivity index (χ1n) is 4.71. The summed E-state index contributed by atoms with van der Waals surface area (Å²) in [5, 5.41) is 11.9. The summed E-state index contributed by atoms with van der Waals surface area (Å²) in [6.45, 7) is 3.51. The fraction of sp³-hybridized carbons (Fsp3) is 0.455. The topological polar surface area (TPSA) is 41.5 Å². The van der Waals surface area contributed by atoms with Crippen LogP contribution in [0.25, 0.3) is 0 Å². The molecule has 4 heteroatoms. The molecular formula is C11H16FNO2. The first kappa shape index (κ1) is 11.8. The highest BCUT2D eigenvalue weighted by molar-refractivity contribution is 5.49. The van der Waals surface area contributed by atoms with E-state index in [2.05, 4.69) is 5.32 Å². The molecule has 0 amide bonds. The molecule has 0 aromatic heterocycles. The number of halogens is 1. The second kappa shape index (κ2) is 4.49. The normalized spacial score (nSPS) is 11.3. The van der Waals surface area contributed by atoms with Crippen LogP contribution in [-0.4, -0.2) is 24.4 Å². The van der Waals surface area contributed by atoms with Crippen LogP contribution in [-0.2, 0) is 0 Å². The van der Waals surface area contributed by atoms with E-state index in [1.165, 1.54) is 13.2 Å². The van der Waals surface area contributed by atoms with Crippen LogP contribution in [0.4, 0.5) is 10.1 Å². The molecule has 1 rings (SSSR count). The predicted octanol–water partition coefficient (Wildman–Crippen LogP) is 2.02. The molecule has 0 radical (unpaired) electrons. The number of anilines is 1. The number of aliphatic hydroxyl groups excluding tert-OH is 1. The lowest BCUT2D eigenvalue weighted by molar-refractivity contribution is 0.234. The fourth-order valence-electron chi connectivity index (χ4n) is 1.13. The molecule has 0 saturated carbocycles. The van der Waals surface area contributed by atoms with E-state index in [1.54, 1.807) is 26.0 Å². The molecule has 0 bridgehead atoms. The van der Waals surface area contributed by atoms with E-state index < -0.39 is 11.4 Å². The molecule has 3 nitrogen and oxygen atoms in total. The minimum atomic E-state index is -0.546. The van der Waals surface area contributed by atoms with E-state index in [1.807, 2.05) is 0 Å². The summed E-state index contributed by atoms with van der Waals surface area (Å²) < 4.78 is 18.4. The highest BCUT2D eigenvalue weighted by atomic mass is 19.1. The van der Waals surface area contributed by atoms with Crippen molar-refractivity contribution >= 4 is 5.69 Å². The van der Waals surface area contributed by atoms with Gasteiger partial charge < -0.3 is 15.2 Å². The Bertz CT molecular complexity index is 339. The lowest BCUT2D eigenvalue weighted by atomic mass is 10.1. The quantitative estimate of drug-likeness (QED) is 0.804. The number of rotatable bonds is 4. The van der Waals surface area contributed by atoms with Crippen molar-refractivity contribution in [3.05, 3.63) is 24.0 Å². The summed E-state index contributed by atoms with van der Waals surface area (Å²) in [5.41, 5.74) is -0.190. The number of methoxy groups -OCH3 is 1. The van der Waals surface area contributed by atoms with Gasteiger partial charge in [0.1, 0.15) is 11.6 Å². The molecule has 84 valence electrons. The SMILES string of the molecule is COc1ccc(NC(C)(C)CO)c(F)c1. The molecule has 15 heavy (non-hydrogen) atoms. The first-order chi connectivity index (χ1) is 6.98. The maximum Gasteiger partial charge on any atom is 0.149 e. The highest BCUT2D eigenvalue weighted by Crippen LogP contribution is 2.23. The van der Waals surface area contributed by atoms with E-state index in [0.29, 0.717) is 11.4 Å². The van der Waals surface area contributed by atoms with Gasteiger partial charge >= 0.3 is 0 Å². The monoisotopic (exact) mass is 213 g/mol. The molecule has 0 spiro atoms. The van der Waals surface area contributed by atoms with E-state index in [-0.39, 0.29) is 6.61 Å². The van der Waals surface area contributed by atoms with Gasteiger partial charge in [-0.1, -0.05) is 0 Å². The maximum atomic E-state index is 13.5. The van der Waals surface area contributed by atoms with Crippen LogP contribution in [0, 0.1) is 5.82 Å². The summed E-state index contributed by atoms with van der Waals surface area (Å²) >= 11 is 0. The zero-order valence-electron chi connectivity index (χ0n) is 9.17. The zero-order valence-corrected chi connectivity index (χ0v) is 9.17. The average molecular weight is 213 g/mol. The Morgan fingerprint density at radius 2 is 2.13 bits per heavy atom. The molecule has 0 fully saturated rings. The van der Waals surface area contributed by atoms with Crippen LogP contribution in [0.3, 0.4) is 0 Å². The summed E-state index contributed by atoms with van der Waals surface area (Å²) in [6.07, 6.45) is 0. The number of ether oxygens (including phenoxy) is 1. The Morgan fingerprint density at radius 3 is 2.60 bits per heavy atom. The number of benzene rings is 1. The highest BCUT2D eigenvalue weighted by Gasteiger charge is 2.17. The summed E-state index contributed by atoms with van der Waals surface area (Å²) in [6, 6.07) is 4.56. The van der Waals surface area contributed by atoms with Crippen molar-refractivity contribution < 1.29 is 14.2 Å². The third kappa shape index (κ3) is 3.09. The van der Waals surface area contributed by atoms with Crippen molar-refractivity contribution in [2.45, 2.75) is 19.4 Å². The number of hydrogen-bond acceptors (Lipinski definition) is 3. The van der Waals surface area contributed by atoms with Crippen molar-refractivity contribution in [2.75, 3.05) is 19.0 Å². The van der Waals surface area contributed by atoms with Gasteiger partial charge in [0, 0.05) is 6.07 Å². The van der Waals surface area contributed by atoms with Crippen molar-refractivity contribution in [1.29, 1.82) is 0 Å². The Kier molecular flexibility index (Phi) is 3.52. The standard InChI is InChI=1S/C11H16FNO2/c1-11(2,7-14)13-10-5-4-8(15-3)6-9(10)12/h4-6,13-14H,7H2,1-3H3. The molecule has 0 aliphatic rings. The molecule has 1 aromatic rings. The van der Waals surface area contributed by atoms with Crippen LogP contribution >= 0.6 is 0 Å². The number of nitrogens with one attached hydrogen (secondary N) is 1. The summed E-state index contributed by atoms with van der Waals surface area (Å²) in [7, 11) is 1.49. The van der Waals surface area contributed by atoms with Crippen molar-refractivity contribution in [3.8, 4) is 5.75 Å². The lowest BCUT2D eigenvalue weighted by Crippen LogP contribution is -2.35. The van der Waals surface area contributed by atoms with Gasteiger partial charge in [0.15, 0.2) is 0 Å². The summed E-state index contributed by atoms with van der Waals surface area (Å²) in [4.78, 5) is 0. The van der Waals surface area contributed by atoms with Crippen molar-refractivity contribution in [3.63, 3.8) is 0 Å². The minimum Gasteiger partial charge on any atom is -0.497 e. The third-order valence-electron chi connectivity index (χ3n) is 2.04. The van der Waals surface area contributed by atoms with E-state index >= 15 is 0 Å². The van der Waals surface area contributed by atoms with Crippen LogP contribution in [0.2, 0.25) is 0 Å². The van der Waals surface area contributed by atoms with Gasteiger partial charge in [-0.15, -0.1) is 0 Å². The Balaban J connectivity index is 2.87. The third-order valence-corrected chi connectivity index (χ3v) is 2.04. The van der Waals surface area contributed by atoms with Crippen molar-refractivity contribution in [1.82, 2.24) is 0 Å². The number of aliphatic hydroxyl groups is 1. The second-order valence-electron chi connectivity index (χ2n) is 4.01. The maximum absolute atomic E-state index is 13.5. The van der Waals surface area contributed by atoms with Crippen LogP contribution in [0.5, 0.6) is 5.75 Å². The lowest BCUT2D eigenvalue weighted by Gasteiger charge is -2.25. The molecule has 0 saturated heterocycles. The van der Waals surface area contributed by atoms with Crippen molar-refractivity contribution in [2.24, 2.45) is 0 Å². The van der Waals surface area contributed by atoms with E-state index in [4.69, 9.17) is 9.84 Å². The second-order valence-corrected chi connectivity index (χ2v) is 4.01. The van der Waals surface area contributed by atoms with E-state index in [0.717, 1.165) is 0 Å². The Morgan fingerprint density at radius 1 is 1.47 bits per heavy atom. The van der Waals surface area contributed by atoms with Gasteiger partial charge in [-0.05, 0) is 26.0 Å². The number of hydrogen-bond donors (Lipinski definition) is 2. The van der Waals surface area contributed by atoms with Crippen LogP contribution in [0.1, 0.15) is 13.8 Å². The van der Waals surface area contributed by atoms with Gasteiger partial charge in [0.05, 0.1) is 24.9 Å². The van der Waals surface area contributed by atoms with Gasteiger partial charge in [-0.3, -0.25) is 0 Å². The van der Waals surface area contributed by atoms with Gasteiger partial charge in [0.2, 0.25) is 0 Å². The van der Waals surface area contributed by atoms with Gasteiger partial charge in [-0.25, -0.2) is 4.39 Å². The minimum absolute atomic E-state index is 0.0710. The predicted molar refractivity (Wildman–Crippen MR) is 57.7 cm³/mol. The molecule has 0 aliphatic carbocycles. The fourth-order valence-corrected chi connectivity index (χ4v) is 1.13. The summed E-state index contributed by atoms with van der Waals surface area (Å²) in [5.74, 6) is 0.0794.